The topological polar surface area (TPSA) is 172 Å². The van der Waals surface area contributed by atoms with E-state index in [1.54, 1.807) is 0 Å². The Morgan fingerprint density at radius 1 is 1.14 bits per heavy atom. The van der Waals surface area contributed by atoms with Gasteiger partial charge in [0.05, 0.1) is 6.20 Å². The highest BCUT2D eigenvalue weighted by atomic mass is 32.2. The largest absolute Gasteiger partial charge is 0.460 e. The van der Waals surface area contributed by atoms with Crippen molar-refractivity contribution in [1.29, 1.82) is 0 Å². The van der Waals surface area contributed by atoms with Crippen LogP contribution < -0.4 is 10.5 Å². The molecule has 1 aliphatic heterocycles. The molecule has 1 aromatic carbocycles. The van der Waals surface area contributed by atoms with Gasteiger partial charge in [-0.3, -0.25) is 9.54 Å². The molecule has 12 heteroatoms. The van der Waals surface area contributed by atoms with Gasteiger partial charge in [-0.1, -0.05) is 6.07 Å². The Kier molecular flexibility index (Phi) is 6.14. The molecule has 3 rings (SSSR count). The van der Waals surface area contributed by atoms with E-state index in [1.165, 1.54) is 36.7 Å². The molecule has 158 valence electrons. The Labute approximate surface area is 165 Å². The third-order valence-corrected chi connectivity index (χ3v) is 5.34. The smallest absolute Gasteiger partial charge is 0.295 e. The highest BCUT2D eigenvalue weighted by Crippen LogP contribution is 2.30. The van der Waals surface area contributed by atoms with Crippen molar-refractivity contribution in [2.24, 2.45) is 5.73 Å². The number of halogens is 1. The lowest BCUT2D eigenvalue weighted by molar-refractivity contribution is -0.254. The lowest BCUT2D eigenvalue weighted by atomic mass is 10.0. The van der Waals surface area contributed by atoms with Crippen LogP contribution in [0.4, 0.5) is 4.39 Å². The number of aromatic nitrogens is 1. The summed E-state index contributed by atoms with van der Waals surface area (Å²) in [6, 6.07) is 5.65. The molecule has 1 aliphatic rings. The highest BCUT2D eigenvalue weighted by molar-refractivity contribution is 7.86. The molecule has 0 spiro atoms. The molecule has 1 saturated heterocycles. The molecule has 5 atom stereocenters. The summed E-state index contributed by atoms with van der Waals surface area (Å²) < 4.78 is 56.3. The molecule has 0 bridgehead atoms. The van der Waals surface area contributed by atoms with Gasteiger partial charge in [0.2, 0.25) is 11.7 Å². The lowest BCUT2D eigenvalue weighted by Crippen LogP contribution is -2.61. The molecule has 2 aromatic rings. The third-order valence-electron chi connectivity index (χ3n) is 4.36. The minimum Gasteiger partial charge on any atom is -0.460 e. The fourth-order valence-corrected chi connectivity index (χ4v) is 3.61. The normalized spacial score (nSPS) is 27.6. The van der Waals surface area contributed by atoms with E-state index in [9.17, 15) is 28.1 Å². The van der Waals surface area contributed by atoms with Gasteiger partial charge in [0.1, 0.15) is 29.9 Å². The van der Waals surface area contributed by atoms with Crippen LogP contribution in [0.5, 0.6) is 5.75 Å². The summed E-state index contributed by atoms with van der Waals surface area (Å²) in [6.45, 7) is 0.191. The summed E-state index contributed by atoms with van der Waals surface area (Å²) in [5, 5.41) is 29.6. The summed E-state index contributed by atoms with van der Waals surface area (Å²) in [7, 11) is -4.92. The number of hydrogen-bond acceptors (Lipinski definition) is 9. The average molecular weight is 430 g/mol. The summed E-state index contributed by atoms with van der Waals surface area (Å²) in [5.74, 6) is -0.595. The maximum absolute atomic E-state index is 14.2. The van der Waals surface area contributed by atoms with Crippen LogP contribution in [0.3, 0.4) is 0 Å². The van der Waals surface area contributed by atoms with Crippen molar-refractivity contribution < 1.29 is 42.2 Å². The molecule has 0 saturated carbocycles. The van der Waals surface area contributed by atoms with E-state index in [4.69, 9.17) is 19.8 Å². The molecule has 1 unspecified atom stereocenters. The number of benzene rings is 1. The predicted octanol–water partition coefficient (Wildman–Crippen LogP) is -0.622. The number of nitrogens with zero attached hydrogens (tertiary/aromatic N) is 1. The summed E-state index contributed by atoms with van der Waals surface area (Å²) in [5.41, 5.74) is 4.49. The SMILES string of the molecule is NCc1ccc(F)c(-c2cncc(O[C@@H]3OC(S(=O)(=O)O)[C@@H](O)[C@H](O)[C@H]3O)c2)c1. The number of hydrogen-bond donors (Lipinski definition) is 5. The third kappa shape index (κ3) is 4.53. The van der Waals surface area contributed by atoms with Crippen molar-refractivity contribution in [3.8, 4) is 16.9 Å². The molecule has 6 N–H and O–H groups in total. The monoisotopic (exact) mass is 430 g/mol. The quantitative estimate of drug-likeness (QED) is 0.385. The fourth-order valence-electron chi connectivity index (χ4n) is 2.85. The average Bonchev–Trinajstić information content (AvgIpc) is 2.68. The molecule has 10 nitrogen and oxygen atoms in total. The van der Waals surface area contributed by atoms with Crippen molar-refractivity contribution in [2.75, 3.05) is 0 Å². The Balaban J connectivity index is 1.88. The molecule has 2 heterocycles. The number of aliphatic hydroxyl groups is 3. The van der Waals surface area contributed by atoms with E-state index in [1.807, 2.05) is 0 Å². The van der Waals surface area contributed by atoms with Crippen molar-refractivity contribution >= 4 is 10.1 Å². The molecule has 0 amide bonds. The Morgan fingerprint density at radius 2 is 1.86 bits per heavy atom. The molecule has 0 radical (unpaired) electrons. The zero-order valence-corrected chi connectivity index (χ0v) is 15.6. The van der Waals surface area contributed by atoms with Crippen molar-refractivity contribution in [3.05, 3.63) is 48.0 Å². The van der Waals surface area contributed by atoms with Crippen molar-refractivity contribution in [1.82, 2.24) is 4.98 Å². The second-order valence-electron chi connectivity index (χ2n) is 6.41. The van der Waals surface area contributed by atoms with Crippen LogP contribution in [0.2, 0.25) is 0 Å². The van der Waals surface area contributed by atoms with Crippen LogP contribution in [0.15, 0.2) is 36.7 Å². The Morgan fingerprint density at radius 3 is 2.52 bits per heavy atom. The zero-order chi connectivity index (χ0) is 21.3. The Hall–Kier alpha value is -2.19. The van der Waals surface area contributed by atoms with Crippen LogP contribution >= 0.6 is 0 Å². The molecular weight excluding hydrogens is 411 g/mol. The van der Waals surface area contributed by atoms with Gasteiger partial charge in [-0.05, 0) is 23.8 Å². The lowest BCUT2D eigenvalue weighted by Gasteiger charge is -2.38. The molecule has 0 aliphatic carbocycles. The second kappa shape index (κ2) is 8.28. The van der Waals surface area contributed by atoms with Crippen molar-refractivity contribution in [2.45, 2.75) is 36.6 Å². The van der Waals surface area contributed by atoms with Crippen LogP contribution in [-0.2, 0) is 21.4 Å². The standard InChI is InChI=1S/C17H19FN2O8S/c18-12-2-1-8(5-19)3-11(12)9-4-10(7-20-6-9)27-16-14(22)13(21)15(23)17(28-16)29(24,25)26/h1-4,6-7,13-17,21-23H,5,19H2,(H,24,25,26)/t13-,14-,15+,16-,17?/m1/s1. The van der Waals surface area contributed by atoms with Gasteiger partial charge in [-0.2, -0.15) is 8.42 Å². The molecule has 29 heavy (non-hydrogen) atoms. The number of nitrogens with two attached hydrogens (primary N) is 1. The van der Waals surface area contributed by atoms with Gasteiger partial charge < -0.3 is 30.5 Å². The first-order valence-corrected chi connectivity index (χ1v) is 9.88. The van der Waals surface area contributed by atoms with E-state index in [0.29, 0.717) is 11.1 Å². The van der Waals surface area contributed by atoms with E-state index >= 15 is 0 Å². The van der Waals surface area contributed by atoms with E-state index in [0.717, 1.165) is 0 Å². The maximum atomic E-state index is 14.2. The van der Waals surface area contributed by atoms with Crippen LogP contribution in [-0.4, -0.2) is 63.3 Å². The van der Waals surface area contributed by atoms with E-state index in [2.05, 4.69) is 4.98 Å². The predicted molar refractivity (Wildman–Crippen MR) is 96.4 cm³/mol. The first-order chi connectivity index (χ1) is 13.6. The fraction of sp³-hybridized carbons (Fsp3) is 0.353. The second-order valence-corrected chi connectivity index (χ2v) is 7.90. The van der Waals surface area contributed by atoms with Gasteiger partial charge in [-0.15, -0.1) is 0 Å². The summed E-state index contributed by atoms with van der Waals surface area (Å²) in [6.07, 6.45) is -5.15. The maximum Gasteiger partial charge on any atom is 0.295 e. The minimum absolute atomic E-state index is 0.0539. The number of pyridine rings is 1. The first-order valence-electron chi connectivity index (χ1n) is 8.38. The van der Waals surface area contributed by atoms with E-state index in [-0.39, 0.29) is 17.9 Å². The van der Waals surface area contributed by atoms with Gasteiger partial charge in [0.15, 0.2) is 0 Å². The van der Waals surface area contributed by atoms with E-state index < -0.39 is 46.0 Å². The number of ether oxygens (including phenoxy) is 2. The summed E-state index contributed by atoms with van der Waals surface area (Å²) >= 11 is 0. The zero-order valence-electron chi connectivity index (χ0n) is 14.8. The van der Waals surface area contributed by atoms with Crippen LogP contribution in [0.1, 0.15) is 5.56 Å². The Bertz CT molecular complexity index is 989. The number of rotatable bonds is 5. The van der Waals surface area contributed by atoms with Crippen molar-refractivity contribution in [3.63, 3.8) is 0 Å². The van der Waals surface area contributed by atoms with Gasteiger partial charge >= 0.3 is 0 Å². The molecule has 1 aromatic heterocycles. The summed E-state index contributed by atoms with van der Waals surface area (Å²) in [4.78, 5) is 3.91. The first kappa shape index (κ1) is 21.5. The highest BCUT2D eigenvalue weighted by Gasteiger charge is 2.50. The van der Waals surface area contributed by atoms with Gasteiger partial charge in [0, 0.05) is 23.9 Å². The van der Waals surface area contributed by atoms with Crippen LogP contribution in [0, 0.1) is 5.82 Å². The number of aliphatic hydroxyl groups excluding tert-OH is 3. The minimum atomic E-state index is -4.92. The van der Waals surface area contributed by atoms with Crippen LogP contribution in [0.25, 0.3) is 11.1 Å². The molecule has 1 fully saturated rings. The molecular formula is C17H19FN2O8S. The van der Waals surface area contributed by atoms with Gasteiger partial charge in [0.25, 0.3) is 10.1 Å². The van der Waals surface area contributed by atoms with Gasteiger partial charge in [-0.25, -0.2) is 4.39 Å².